The highest BCUT2D eigenvalue weighted by Gasteiger charge is 2.52. The SMILES string of the molecule is NC(=O)[C@@H]1C(CO)=C[C@@H]2CN1C(=O)N2OS(=O)(=O)ON1C(=O)N2C[C@H]1C=C(CO)[C@H]2C(N)=O. The van der Waals surface area contributed by atoms with Crippen molar-refractivity contribution in [3.05, 3.63) is 23.3 Å². The standard InChI is InChI=1S/C16H20N6O10S/c17-13(25)11-7(5-23)1-9-3-19(11)15(27)21(9)31-33(29,30)32-22-10-2-8(6-24)12(14(18)26)20(4-10)16(22)28/h1-2,9-12,23-24H,3-6H2,(H2,17,25)(H2,18,26)/t9-,10-,11+,12+/m1/s1. The first kappa shape index (κ1) is 22.9. The number of hydrogen-bond acceptors (Lipinski definition) is 10. The van der Waals surface area contributed by atoms with Gasteiger partial charge in [0.1, 0.15) is 12.1 Å². The number of rotatable bonds is 8. The van der Waals surface area contributed by atoms with E-state index < -0.39 is 71.7 Å². The van der Waals surface area contributed by atoms with Gasteiger partial charge in [-0.1, -0.05) is 12.2 Å². The molecule has 33 heavy (non-hydrogen) atoms. The average molecular weight is 488 g/mol. The fourth-order valence-electron chi connectivity index (χ4n) is 4.33. The Labute approximate surface area is 186 Å². The zero-order valence-corrected chi connectivity index (χ0v) is 17.6. The Bertz CT molecular complexity index is 1010. The molecule has 0 aromatic carbocycles. The minimum Gasteiger partial charge on any atom is -0.392 e. The minimum absolute atomic E-state index is 0.0898. The number of nitrogens with two attached hydrogens (primary N) is 2. The lowest BCUT2D eigenvalue weighted by molar-refractivity contribution is -0.122. The van der Waals surface area contributed by atoms with Gasteiger partial charge in [0.2, 0.25) is 11.8 Å². The maximum absolute atomic E-state index is 12.6. The van der Waals surface area contributed by atoms with E-state index in [1.54, 1.807) is 0 Å². The molecule has 4 bridgehead atoms. The van der Waals surface area contributed by atoms with Gasteiger partial charge in [0, 0.05) is 0 Å². The molecule has 4 aliphatic heterocycles. The molecule has 180 valence electrons. The molecule has 0 spiro atoms. The van der Waals surface area contributed by atoms with Crippen LogP contribution in [0.3, 0.4) is 0 Å². The molecular weight excluding hydrogens is 468 g/mol. The van der Waals surface area contributed by atoms with Crippen LogP contribution in [-0.2, 0) is 28.6 Å². The quantitative estimate of drug-likeness (QED) is 0.241. The Hall–Kier alpha value is -3.25. The molecule has 0 aliphatic carbocycles. The van der Waals surface area contributed by atoms with Crippen LogP contribution in [0.1, 0.15) is 0 Å². The lowest BCUT2D eigenvalue weighted by Gasteiger charge is -2.28. The molecule has 4 heterocycles. The molecule has 16 nitrogen and oxygen atoms in total. The number of carbonyl (C=O) groups is 4. The molecule has 4 aliphatic rings. The Morgan fingerprint density at radius 1 is 0.879 bits per heavy atom. The summed E-state index contributed by atoms with van der Waals surface area (Å²) in [5.74, 6) is -1.86. The molecular formula is C16H20N6O10S. The largest absolute Gasteiger partial charge is 0.442 e. The number of hydroxylamine groups is 4. The third kappa shape index (κ3) is 3.68. The van der Waals surface area contributed by atoms with Gasteiger partial charge in [0.25, 0.3) is 0 Å². The van der Waals surface area contributed by atoms with Crippen molar-refractivity contribution < 1.29 is 46.4 Å². The molecule has 0 unspecified atom stereocenters. The van der Waals surface area contributed by atoms with Gasteiger partial charge in [0.05, 0.1) is 38.4 Å². The number of fused-ring (bicyclic) bond motifs is 4. The number of primary amides is 2. The van der Waals surface area contributed by atoms with E-state index in [9.17, 15) is 37.8 Å². The fraction of sp³-hybridized carbons (Fsp3) is 0.500. The van der Waals surface area contributed by atoms with Gasteiger partial charge in [-0.25, -0.2) is 9.59 Å². The zero-order valence-electron chi connectivity index (χ0n) is 16.8. The molecule has 6 N–H and O–H groups in total. The number of hydrogen-bond donors (Lipinski definition) is 4. The second-order valence-electron chi connectivity index (χ2n) is 7.62. The average Bonchev–Trinajstić information content (AvgIpc) is 3.12. The number of aliphatic hydroxyl groups excluding tert-OH is 2. The first-order valence-electron chi connectivity index (χ1n) is 9.54. The maximum atomic E-state index is 12.6. The van der Waals surface area contributed by atoms with Crippen LogP contribution < -0.4 is 11.5 Å². The molecule has 0 saturated carbocycles. The van der Waals surface area contributed by atoms with E-state index in [0.29, 0.717) is 10.1 Å². The van der Waals surface area contributed by atoms with Crippen LogP contribution in [0.2, 0.25) is 0 Å². The van der Waals surface area contributed by atoms with E-state index in [2.05, 4.69) is 0 Å². The summed E-state index contributed by atoms with van der Waals surface area (Å²) in [5, 5.41) is 19.8. The molecule has 2 fully saturated rings. The van der Waals surface area contributed by atoms with Gasteiger partial charge < -0.3 is 31.5 Å². The van der Waals surface area contributed by atoms with Crippen LogP contribution in [0.25, 0.3) is 0 Å². The van der Waals surface area contributed by atoms with Crippen molar-refractivity contribution in [2.24, 2.45) is 11.5 Å². The van der Waals surface area contributed by atoms with E-state index in [4.69, 9.17) is 20.0 Å². The smallest absolute Gasteiger partial charge is 0.392 e. The zero-order chi connectivity index (χ0) is 24.2. The van der Waals surface area contributed by atoms with E-state index in [1.807, 2.05) is 0 Å². The lowest BCUT2D eigenvalue weighted by atomic mass is 9.99. The first-order valence-corrected chi connectivity index (χ1v) is 10.9. The Balaban J connectivity index is 1.53. The maximum Gasteiger partial charge on any atom is 0.442 e. The Kier molecular flexibility index (Phi) is 5.53. The number of urea groups is 2. The second kappa shape index (κ2) is 7.96. The number of nitrogens with zero attached hydrogens (tertiary/aromatic N) is 4. The van der Waals surface area contributed by atoms with E-state index in [-0.39, 0.29) is 24.2 Å². The summed E-state index contributed by atoms with van der Waals surface area (Å²) in [5.41, 5.74) is 10.8. The minimum atomic E-state index is -5.07. The predicted octanol–water partition coefficient (Wildman–Crippen LogP) is -4.12. The van der Waals surface area contributed by atoms with Crippen LogP contribution >= 0.6 is 0 Å². The summed E-state index contributed by atoms with van der Waals surface area (Å²) in [6.45, 7) is -1.50. The molecule has 0 radical (unpaired) electrons. The lowest BCUT2D eigenvalue weighted by Crippen LogP contribution is -2.49. The van der Waals surface area contributed by atoms with Gasteiger partial charge in [0.15, 0.2) is 0 Å². The fourth-order valence-corrected chi connectivity index (χ4v) is 5.10. The van der Waals surface area contributed by atoms with E-state index in [1.165, 1.54) is 12.2 Å². The molecule has 17 heteroatoms. The van der Waals surface area contributed by atoms with Crippen LogP contribution in [0.15, 0.2) is 23.3 Å². The van der Waals surface area contributed by atoms with Crippen LogP contribution in [0, 0.1) is 0 Å². The molecule has 6 amide bonds. The van der Waals surface area contributed by atoms with Crippen LogP contribution in [-0.4, -0.2) is 113 Å². The Morgan fingerprint density at radius 2 is 1.24 bits per heavy atom. The molecule has 4 atom stereocenters. The van der Waals surface area contributed by atoms with Crippen molar-refractivity contribution >= 4 is 34.3 Å². The van der Waals surface area contributed by atoms with Gasteiger partial charge in [-0.05, 0) is 11.1 Å². The summed E-state index contributed by atoms with van der Waals surface area (Å²) in [7, 11) is -5.07. The Morgan fingerprint density at radius 3 is 1.55 bits per heavy atom. The van der Waals surface area contributed by atoms with Crippen LogP contribution in [0.5, 0.6) is 0 Å². The summed E-state index contributed by atoms with van der Waals surface area (Å²) in [6.07, 6.45) is 2.56. The first-order chi connectivity index (χ1) is 15.5. The van der Waals surface area contributed by atoms with Crippen molar-refractivity contribution in [2.45, 2.75) is 24.2 Å². The van der Waals surface area contributed by atoms with Crippen molar-refractivity contribution in [3.8, 4) is 0 Å². The summed E-state index contributed by atoms with van der Waals surface area (Å²) >= 11 is 0. The third-order valence-electron chi connectivity index (χ3n) is 5.62. The van der Waals surface area contributed by atoms with Gasteiger partial charge in [-0.15, -0.1) is 8.57 Å². The molecule has 4 rings (SSSR count). The van der Waals surface area contributed by atoms with Gasteiger partial charge >= 0.3 is 22.5 Å². The highest BCUT2D eigenvalue weighted by Crippen LogP contribution is 2.33. The number of carbonyl (C=O) groups excluding carboxylic acids is 4. The summed E-state index contributed by atoms with van der Waals surface area (Å²) in [4.78, 5) is 50.6. The van der Waals surface area contributed by atoms with Crippen molar-refractivity contribution in [3.63, 3.8) is 0 Å². The summed E-state index contributed by atoms with van der Waals surface area (Å²) in [6, 6.07) is -6.60. The highest BCUT2D eigenvalue weighted by atomic mass is 32.3. The normalized spacial score (nSPS) is 28.9. The van der Waals surface area contributed by atoms with Crippen LogP contribution in [0.4, 0.5) is 9.59 Å². The summed E-state index contributed by atoms with van der Waals surface area (Å²) < 4.78 is 34.6. The number of aliphatic hydroxyl groups is 2. The molecule has 2 saturated heterocycles. The van der Waals surface area contributed by atoms with Crippen molar-refractivity contribution in [1.82, 2.24) is 19.9 Å². The molecule has 0 aromatic heterocycles. The third-order valence-corrected chi connectivity index (χ3v) is 6.31. The second-order valence-corrected chi connectivity index (χ2v) is 8.74. The predicted molar refractivity (Wildman–Crippen MR) is 103 cm³/mol. The van der Waals surface area contributed by atoms with Crippen molar-refractivity contribution in [2.75, 3.05) is 26.3 Å². The van der Waals surface area contributed by atoms with E-state index >= 15 is 0 Å². The monoisotopic (exact) mass is 488 g/mol. The van der Waals surface area contributed by atoms with E-state index in [0.717, 1.165) is 9.80 Å². The highest BCUT2D eigenvalue weighted by molar-refractivity contribution is 7.81. The van der Waals surface area contributed by atoms with Gasteiger partial charge in [-0.2, -0.15) is 18.5 Å². The topological polar surface area (TPSA) is 226 Å². The van der Waals surface area contributed by atoms with Crippen molar-refractivity contribution in [1.29, 1.82) is 0 Å². The van der Waals surface area contributed by atoms with Gasteiger partial charge in [-0.3, -0.25) is 9.59 Å². The number of amides is 6. The molecule has 0 aromatic rings.